The third-order valence-corrected chi connectivity index (χ3v) is 6.39. The van der Waals surface area contributed by atoms with Crippen molar-refractivity contribution in [3.05, 3.63) is 28.3 Å². The molecule has 23 heavy (non-hydrogen) atoms. The standard InChI is InChI=1S/C19H22O3S/c1-10-9-12(17(22)15-13(20)5-6-14(15)21)11(2)16-18(10)23-8-7-19(16,3)4/h9,15H,5-8H2,1-4H3. The SMILES string of the molecule is Cc1cc(C(=O)C2C(=O)CCC2=O)c(C)c2c1SCCC2(C)C. The van der Waals surface area contributed by atoms with E-state index in [1.165, 1.54) is 10.5 Å². The number of benzene rings is 1. The van der Waals surface area contributed by atoms with Crippen molar-refractivity contribution in [1.29, 1.82) is 0 Å². The highest BCUT2D eigenvalue weighted by molar-refractivity contribution is 7.99. The average Bonchev–Trinajstić information content (AvgIpc) is 2.80. The minimum absolute atomic E-state index is 0.00934. The highest BCUT2D eigenvalue weighted by Crippen LogP contribution is 2.46. The Morgan fingerprint density at radius 3 is 2.39 bits per heavy atom. The molecule has 1 aliphatic carbocycles. The fraction of sp³-hybridized carbons (Fsp3) is 0.526. The molecule has 0 spiro atoms. The molecule has 1 saturated carbocycles. The van der Waals surface area contributed by atoms with E-state index in [-0.39, 0.29) is 35.6 Å². The van der Waals surface area contributed by atoms with Crippen molar-refractivity contribution in [3.8, 4) is 0 Å². The third kappa shape index (κ3) is 2.57. The highest BCUT2D eigenvalue weighted by atomic mass is 32.2. The molecular formula is C19H22O3S. The number of hydrogen-bond acceptors (Lipinski definition) is 4. The second kappa shape index (κ2) is 5.59. The summed E-state index contributed by atoms with van der Waals surface area (Å²) in [4.78, 5) is 38.1. The molecule has 0 N–H and O–H groups in total. The Balaban J connectivity index is 2.15. The van der Waals surface area contributed by atoms with Crippen LogP contribution in [0.4, 0.5) is 0 Å². The number of fused-ring (bicyclic) bond motifs is 1. The van der Waals surface area contributed by atoms with E-state index in [2.05, 4.69) is 13.8 Å². The Hall–Kier alpha value is -1.42. The van der Waals surface area contributed by atoms with Gasteiger partial charge in [0, 0.05) is 23.3 Å². The summed E-state index contributed by atoms with van der Waals surface area (Å²) >= 11 is 1.84. The zero-order chi connectivity index (χ0) is 16.9. The molecule has 0 saturated heterocycles. The van der Waals surface area contributed by atoms with Gasteiger partial charge in [-0.1, -0.05) is 13.8 Å². The molecule has 0 amide bonds. The fourth-order valence-electron chi connectivity index (χ4n) is 3.85. The molecule has 3 nitrogen and oxygen atoms in total. The van der Waals surface area contributed by atoms with Gasteiger partial charge in [-0.2, -0.15) is 0 Å². The number of carbonyl (C=O) groups is 3. The van der Waals surface area contributed by atoms with E-state index in [1.54, 1.807) is 0 Å². The van der Waals surface area contributed by atoms with Crippen LogP contribution in [0.5, 0.6) is 0 Å². The van der Waals surface area contributed by atoms with E-state index in [0.717, 1.165) is 23.3 Å². The van der Waals surface area contributed by atoms with E-state index in [0.29, 0.717) is 5.56 Å². The normalized spacial score (nSPS) is 20.7. The lowest BCUT2D eigenvalue weighted by Gasteiger charge is -2.35. The van der Waals surface area contributed by atoms with Crippen molar-refractivity contribution in [2.45, 2.75) is 57.3 Å². The minimum Gasteiger partial charge on any atom is -0.298 e. The lowest BCUT2D eigenvalue weighted by Crippen LogP contribution is -2.29. The summed E-state index contributed by atoms with van der Waals surface area (Å²) in [6, 6.07) is 1.88. The van der Waals surface area contributed by atoms with Gasteiger partial charge in [0.15, 0.2) is 17.3 Å². The minimum atomic E-state index is -1.06. The van der Waals surface area contributed by atoms with Gasteiger partial charge in [0.2, 0.25) is 0 Å². The molecule has 1 fully saturated rings. The predicted molar refractivity (Wildman–Crippen MR) is 91.4 cm³/mol. The predicted octanol–water partition coefficient (Wildman–Crippen LogP) is 3.81. The number of rotatable bonds is 2. The first-order valence-electron chi connectivity index (χ1n) is 8.11. The molecule has 122 valence electrons. The van der Waals surface area contributed by atoms with Crippen LogP contribution in [0.2, 0.25) is 0 Å². The number of ketones is 3. The zero-order valence-corrected chi connectivity index (χ0v) is 14.9. The van der Waals surface area contributed by atoms with Crippen molar-refractivity contribution in [2.24, 2.45) is 5.92 Å². The summed E-state index contributed by atoms with van der Waals surface area (Å²) in [7, 11) is 0. The van der Waals surface area contributed by atoms with Crippen LogP contribution < -0.4 is 0 Å². The first kappa shape index (κ1) is 16.4. The van der Waals surface area contributed by atoms with Crippen LogP contribution in [0.25, 0.3) is 0 Å². The molecule has 2 aliphatic rings. The maximum Gasteiger partial charge on any atom is 0.181 e. The van der Waals surface area contributed by atoms with Gasteiger partial charge in [-0.25, -0.2) is 0 Å². The van der Waals surface area contributed by atoms with Crippen LogP contribution in [0, 0.1) is 19.8 Å². The molecule has 4 heteroatoms. The summed E-state index contributed by atoms with van der Waals surface area (Å²) in [6.07, 6.45) is 1.48. The summed E-state index contributed by atoms with van der Waals surface area (Å²) in [5.41, 5.74) is 3.81. The largest absolute Gasteiger partial charge is 0.298 e. The molecule has 1 aromatic rings. The molecule has 0 atom stereocenters. The van der Waals surface area contributed by atoms with Crippen LogP contribution in [0.3, 0.4) is 0 Å². The maximum atomic E-state index is 12.9. The van der Waals surface area contributed by atoms with E-state index >= 15 is 0 Å². The molecule has 0 bridgehead atoms. The van der Waals surface area contributed by atoms with E-state index in [4.69, 9.17) is 0 Å². The van der Waals surface area contributed by atoms with Crippen molar-refractivity contribution < 1.29 is 14.4 Å². The monoisotopic (exact) mass is 330 g/mol. The Kier molecular flexibility index (Phi) is 3.99. The lowest BCUT2D eigenvalue weighted by atomic mass is 9.76. The Morgan fingerprint density at radius 2 is 1.78 bits per heavy atom. The van der Waals surface area contributed by atoms with E-state index in [1.807, 2.05) is 31.7 Å². The quantitative estimate of drug-likeness (QED) is 0.611. The number of aryl methyl sites for hydroxylation is 1. The summed E-state index contributed by atoms with van der Waals surface area (Å²) in [5, 5.41) is 0. The molecule has 0 unspecified atom stereocenters. The molecule has 0 radical (unpaired) electrons. The van der Waals surface area contributed by atoms with Gasteiger partial charge in [-0.3, -0.25) is 14.4 Å². The second-order valence-electron chi connectivity index (χ2n) is 7.28. The number of Topliss-reactive ketones (excluding diaryl/α,β-unsaturated/α-hetero) is 3. The first-order valence-corrected chi connectivity index (χ1v) is 9.09. The topological polar surface area (TPSA) is 51.2 Å². The van der Waals surface area contributed by atoms with Gasteiger partial charge in [-0.15, -0.1) is 11.8 Å². The highest BCUT2D eigenvalue weighted by Gasteiger charge is 2.41. The molecular weight excluding hydrogens is 308 g/mol. The summed E-state index contributed by atoms with van der Waals surface area (Å²) in [5.74, 6) is -0.725. The number of hydrogen-bond donors (Lipinski definition) is 0. The van der Waals surface area contributed by atoms with E-state index in [9.17, 15) is 14.4 Å². The Labute approximate surface area is 141 Å². The Morgan fingerprint density at radius 1 is 1.17 bits per heavy atom. The second-order valence-corrected chi connectivity index (χ2v) is 8.39. The molecule has 1 aliphatic heterocycles. The van der Waals surface area contributed by atoms with Crippen LogP contribution in [0.15, 0.2) is 11.0 Å². The molecule has 3 rings (SSSR count). The lowest BCUT2D eigenvalue weighted by molar-refractivity contribution is -0.125. The van der Waals surface area contributed by atoms with Crippen molar-refractivity contribution in [1.82, 2.24) is 0 Å². The molecule has 0 aromatic heterocycles. The Bertz CT molecular complexity index is 715. The van der Waals surface area contributed by atoms with Gasteiger partial charge in [0.1, 0.15) is 5.92 Å². The molecule has 1 heterocycles. The van der Waals surface area contributed by atoms with Crippen LogP contribution in [-0.4, -0.2) is 23.1 Å². The smallest absolute Gasteiger partial charge is 0.181 e. The van der Waals surface area contributed by atoms with Crippen molar-refractivity contribution in [3.63, 3.8) is 0 Å². The summed E-state index contributed by atoms with van der Waals surface area (Å²) < 4.78 is 0. The van der Waals surface area contributed by atoms with Gasteiger partial charge in [0.25, 0.3) is 0 Å². The fourth-order valence-corrected chi connectivity index (χ4v) is 5.52. The summed E-state index contributed by atoms with van der Waals surface area (Å²) in [6.45, 7) is 8.39. The van der Waals surface area contributed by atoms with Crippen LogP contribution in [-0.2, 0) is 15.0 Å². The van der Waals surface area contributed by atoms with Crippen LogP contribution in [0.1, 0.15) is 60.2 Å². The average molecular weight is 330 g/mol. The zero-order valence-electron chi connectivity index (χ0n) is 14.1. The van der Waals surface area contributed by atoms with Crippen molar-refractivity contribution in [2.75, 3.05) is 5.75 Å². The van der Waals surface area contributed by atoms with Gasteiger partial charge < -0.3 is 0 Å². The van der Waals surface area contributed by atoms with E-state index < -0.39 is 5.92 Å². The first-order chi connectivity index (χ1) is 10.7. The third-order valence-electron chi connectivity index (χ3n) is 5.16. The van der Waals surface area contributed by atoms with Crippen molar-refractivity contribution >= 4 is 29.1 Å². The number of thioether (sulfide) groups is 1. The van der Waals surface area contributed by atoms with Gasteiger partial charge in [-0.05, 0) is 54.2 Å². The number of carbonyl (C=O) groups excluding carboxylic acids is 3. The van der Waals surface area contributed by atoms with Gasteiger partial charge >= 0.3 is 0 Å². The van der Waals surface area contributed by atoms with Gasteiger partial charge in [0.05, 0.1) is 0 Å². The van der Waals surface area contributed by atoms with Crippen LogP contribution >= 0.6 is 11.8 Å². The maximum absolute atomic E-state index is 12.9. The molecule has 1 aromatic carbocycles.